The molecule has 5 nitrogen and oxygen atoms in total. The molecule has 0 bridgehead atoms. The molecular formula is C30H52ClN3O2. The van der Waals surface area contributed by atoms with Gasteiger partial charge in [0.25, 0.3) is 0 Å². The smallest absolute Gasteiger partial charge is 0.0599 e. The number of aromatic nitrogens is 1. The maximum Gasteiger partial charge on any atom is 0.0599 e. The van der Waals surface area contributed by atoms with E-state index in [1.807, 2.05) is 65.2 Å². The van der Waals surface area contributed by atoms with Gasteiger partial charge in [-0.2, -0.15) is 0 Å². The van der Waals surface area contributed by atoms with Gasteiger partial charge in [0.1, 0.15) is 0 Å². The molecule has 0 aromatic carbocycles. The maximum atomic E-state index is 9.93. The van der Waals surface area contributed by atoms with Gasteiger partial charge in [0, 0.05) is 55.2 Å². The van der Waals surface area contributed by atoms with Crippen molar-refractivity contribution in [1.29, 1.82) is 0 Å². The zero-order valence-corrected chi connectivity index (χ0v) is 25.0. The van der Waals surface area contributed by atoms with Crippen molar-refractivity contribution in [3.8, 4) is 0 Å². The van der Waals surface area contributed by atoms with E-state index in [2.05, 4.69) is 42.1 Å². The standard InChI is InChI=1S/C14H21ClN2O.C9H13N.C5H12O.C2H6/c1-10(9-15)14(11(2)18)13(16-3)8-12-6-4-5-7-17-12;1-8-5-3-4-6-10-7-9(8)2;1-3-5-6-4-2;1-2/h4-7,9,11,13-14,16,18H,8H2,1-3H3;3-4,6H,5,7H2,1-2H3;3-5H2,1-2H3;1-2H3/b10-9+;4-3-,9-8-,10-6?;;. The Hall–Kier alpha value is -1.79. The topological polar surface area (TPSA) is 66.7 Å². The summed E-state index contributed by atoms with van der Waals surface area (Å²) in [6, 6.07) is 5.96. The average molecular weight is 522 g/mol. The van der Waals surface area contributed by atoms with Crippen LogP contribution in [0.2, 0.25) is 0 Å². The molecule has 0 spiro atoms. The lowest BCUT2D eigenvalue weighted by atomic mass is 9.86. The Morgan fingerprint density at radius 3 is 2.39 bits per heavy atom. The van der Waals surface area contributed by atoms with Crippen molar-refractivity contribution < 1.29 is 9.84 Å². The minimum Gasteiger partial charge on any atom is -0.393 e. The number of likely N-dealkylation sites (N-methyl/N-ethyl adjacent to an activating group) is 1. The second kappa shape index (κ2) is 24.9. The molecule has 0 aliphatic carbocycles. The zero-order chi connectivity index (χ0) is 27.8. The molecule has 3 unspecified atom stereocenters. The van der Waals surface area contributed by atoms with Crippen LogP contribution >= 0.6 is 11.6 Å². The number of hydrogen-bond acceptors (Lipinski definition) is 5. The van der Waals surface area contributed by atoms with E-state index in [1.54, 1.807) is 18.7 Å². The Bertz CT molecular complexity index is 733. The molecule has 2 rings (SSSR count). The molecule has 0 amide bonds. The third-order valence-electron chi connectivity index (χ3n) is 5.54. The molecular weight excluding hydrogens is 470 g/mol. The van der Waals surface area contributed by atoms with E-state index < -0.39 is 6.10 Å². The Kier molecular flexibility index (Phi) is 25.1. The fourth-order valence-corrected chi connectivity index (χ4v) is 3.56. The number of allylic oxidation sites excluding steroid dienone is 3. The molecule has 0 saturated heterocycles. The second-order valence-electron chi connectivity index (χ2n) is 8.42. The predicted octanol–water partition coefficient (Wildman–Crippen LogP) is 7.16. The van der Waals surface area contributed by atoms with Gasteiger partial charge < -0.3 is 15.2 Å². The zero-order valence-electron chi connectivity index (χ0n) is 24.2. The highest BCUT2D eigenvalue weighted by Gasteiger charge is 2.26. The molecule has 0 saturated carbocycles. The molecule has 1 aromatic rings. The van der Waals surface area contributed by atoms with E-state index in [9.17, 15) is 5.11 Å². The van der Waals surface area contributed by atoms with E-state index >= 15 is 0 Å². The molecule has 206 valence electrons. The highest BCUT2D eigenvalue weighted by molar-refractivity contribution is 6.25. The molecule has 3 atom stereocenters. The van der Waals surface area contributed by atoms with Crippen LogP contribution in [0.25, 0.3) is 0 Å². The summed E-state index contributed by atoms with van der Waals surface area (Å²) in [5.74, 6) is -0.0190. The first-order valence-electron chi connectivity index (χ1n) is 13.2. The minimum absolute atomic E-state index is 0.0190. The Balaban J connectivity index is 0. The van der Waals surface area contributed by atoms with Crippen molar-refractivity contribution in [3.05, 3.63) is 64.5 Å². The summed E-state index contributed by atoms with van der Waals surface area (Å²) in [5, 5.41) is 13.2. The number of aliphatic imine (C=N–C) groups is 1. The fourth-order valence-electron chi connectivity index (χ4n) is 3.41. The largest absolute Gasteiger partial charge is 0.393 e. The van der Waals surface area contributed by atoms with Crippen molar-refractivity contribution in [2.45, 2.75) is 86.8 Å². The van der Waals surface area contributed by atoms with Crippen LogP contribution in [0.15, 0.2) is 63.8 Å². The Morgan fingerprint density at radius 2 is 1.92 bits per heavy atom. The number of ether oxygens (including phenoxy) is 1. The lowest BCUT2D eigenvalue weighted by molar-refractivity contribution is 0.121. The van der Waals surface area contributed by atoms with Gasteiger partial charge in [0.15, 0.2) is 0 Å². The molecule has 2 N–H and O–H groups in total. The first-order valence-corrected chi connectivity index (χ1v) is 13.7. The molecule has 1 aromatic heterocycles. The first kappa shape index (κ1) is 36.4. The van der Waals surface area contributed by atoms with Crippen molar-refractivity contribution in [2.24, 2.45) is 10.9 Å². The number of pyridine rings is 1. The molecule has 6 heteroatoms. The Morgan fingerprint density at radius 1 is 1.22 bits per heavy atom. The normalized spacial score (nSPS) is 18.5. The van der Waals surface area contributed by atoms with E-state index in [0.717, 1.165) is 50.3 Å². The van der Waals surface area contributed by atoms with E-state index in [1.165, 1.54) is 11.1 Å². The summed E-state index contributed by atoms with van der Waals surface area (Å²) in [4.78, 5) is 8.51. The second-order valence-corrected chi connectivity index (χ2v) is 8.64. The summed E-state index contributed by atoms with van der Waals surface area (Å²) >= 11 is 5.78. The SMILES string of the molecule is C/C1=C(\C)CN=C/C=C\C1.CC.CCCOCC.CNC(Cc1ccccn1)C(/C(C)=C/Cl)C(C)O. The van der Waals surface area contributed by atoms with E-state index in [0.29, 0.717) is 0 Å². The number of aliphatic hydroxyl groups excluding tert-OH is 1. The van der Waals surface area contributed by atoms with Crippen LogP contribution in [-0.2, 0) is 11.2 Å². The molecule has 0 radical (unpaired) electrons. The molecule has 0 fully saturated rings. The van der Waals surface area contributed by atoms with Gasteiger partial charge >= 0.3 is 0 Å². The fraction of sp³-hybridized carbons (Fsp3) is 0.600. The maximum absolute atomic E-state index is 9.93. The number of nitrogens with one attached hydrogen (secondary N) is 1. The number of aliphatic hydroxyl groups is 1. The monoisotopic (exact) mass is 521 g/mol. The number of nitrogens with zero attached hydrogens (tertiary/aromatic N) is 2. The van der Waals surface area contributed by atoms with Gasteiger partial charge in [-0.3, -0.25) is 9.98 Å². The summed E-state index contributed by atoms with van der Waals surface area (Å²) in [7, 11) is 1.89. The summed E-state index contributed by atoms with van der Waals surface area (Å²) in [6.45, 7) is 18.8. The van der Waals surface area contributed by atoms with Crippen molar-refractivity contribution >= 4 is 17.8 Å². The first-order chi connectivity index (χ1) is 17.3. The van der Waals surface area contributed by atoms with Crippen molar-refractivity contribution in [2.75, 3.05) is 26.8 Å². The quantitative estimate of drug-likeness (QED) is 0.267. The highest BCUT2D eigenvalue weighted by Crippen LogP contribution is 2.22. The van der Waals surface area contributed by atoms with Crippen LogP contribution in [0.3, 0.4) is 0 Å². The predicted molar refractivity (Wildman–Crippen MR) is 159 cm³/mol. The van der Waals surface area contributed by atoms with Gasteiger partial charge in [0.2, 0.25) is 0 Å². The van der Waals surface area contributed by atoms with Crippen molar-refractivity contribution in [3.63, 3.8) is 0 Å². The number of rotatable bonds is 9. The van der Waals surface area contributed by atoms with Gasteiger partial charge in [-0.1, -0.05) is 61.2 Å². The molecule has 1 aliphatic heterocycles. The van der Waals surface area contributed by atoms with Gasteiger partial charge in [-0.15, -0.1) is 0 Å². The molecule has 1 aliphatic rings. The van der Waals surface area contributed by atoms with Crippen LogP contribution in [-0.4, -0.2) is 55.3 Å². The highest BCUT2D eigenvalue weighted by atomic mass is 35.5. The van der Waals surface area contributed by atoms with Crippen LogP contribution in [0.1, 0.15) is 73.9 Å². The number of halogens is 1. The van der Waals surface area contributed by atoms with Gasteiger partial charge in [-0.25, -0.2) is 0 Å². The van der Waals surface area contributed by atoms with Crippen molar-refractivity contribution in [1.82, 2.24) is 10.3 Å². The summed E-state index contributed by atoms with van der Waals surface area (Å²) < 4.78 is 4.98. The van der Waals surface area contributed by atoms with Crippen LogP contribution < -0.4 is 5.32 Å². The van der Waals surface area contributed by atoms with Crippen LogP contribution in [0.4, 0.5) is 0 Å². The summed E-state index contributed by atoms with van der Waals surface area (Å²) in [6.07, 6.45) is 10.3. The third-order valence-corrected chi connectivity index (χ3v) is 5.88. The summed E-state index contributed by atoms with van der Waals surface area (Å²) in [5.41, 5.74) is 6.38. The molecule has 2 heterocycles. The van der Waals surface area contributed by atoms with Crippen LogP contribution in [0, 0.1) is 5.92 Å². The van der Waals surface area contributed by atoms with E-state index in [4.69, 9.17) is 16.3 Å². The van der Waals surface area contributed by atoms with Gasteiger partial charge in [0.05, 0.1) is 12.6 Å². The van der Waals surface area contributed by atoms with Crippen LogP contribution in [0.5, 0.6) is 0 Å². The Labute approximate surface area is 226 Å². The van der Waals surface area contributed by atoms with E-state index in [-0.39, 0.29) is 12.0 Å². The third kappa shape index (κ3) is 17.6. The van der Waals surface area contributed by atoms with Gasteiger partial charge in [-0.05, 0) is 72.7 Å². The molecule has 36 heavy (non-hydrogen) atoms. The average Bonchev–Trinajstić information content (AvgIpc) is 2.89. The lowest BCUT2D eigenvalue weighted by Gasteiger charge is -2.29. The number of hydrogen-bond donors (Lipinski definition) is 2. The lowest BCUT2D eigenvalue weighted by Crippen LogP contribution is -2.41. The minimum atomic E-state index is -0.457.